The summed E-state index contributed by atoms with van der Waals surface area (Å²) >= 11 is 0. The number of hydrogen-bond acceptors (Lipinski definition) is 5. The number of carboxylic acid groups (broad SMARTS) is 1. The Balaban J connectivity index is 1.42. The molecule has 2 aliphatic heterocycles. The topological polar surface area (TPSA) is 101 Å². The third kappa shape index (κ3) is 7.35. The van der Waals surface area contributed by atoms with E-state index in [2.05, 4.69) is 21.7 Å². The first-order valence-corrected chi connectivity index (χ1v) is 11.9. The number of pyridine rings is 1. The van der Waals surface area contributed by atoms with Crippen LogP contribution in [0, 0.1) is 5.41 Å². The van der Waals surface area contributed by atoms with Crippen molar-refractivity contribution in [3.05, 3.63) is 23.4 Å². The molecule has 7 nitrogen and oxygen atoms in total. The number of ether oxygens (including phenoxy) is 1. The number of aliphatic carboxylic acids is 1. The van der Waals surface area contributed by atoms with E-state index >= 15 is 0 Å². The first-order valence-electron chi connectivity index (χ1n) is 11.9. The Labute approximate surface area is 193 Å². The molecular formula is C24H35F2N3O4. The number of carboxylic acids is 1. The molecule has 1 fully saturated rings. The van der Waals surface area contributed by atoms with Crippen LogP contribution in [0.15, 0.2) is 12.1 Å². The molecule has 0 saturated carbocycles. The highest BCUT2D eigenvalue weighted by Gasteiger charge is 2.38. The number of nitrogens with one attached hydrogen (secondary N) is 2. The molecule has 1 amide bonds. The van der Waals surface area contributed by atoms with Gasteiger partial charge in [-0.15, -0.1) is 0 Å². The molecule has 3 heterocycles. The van der Waals surface area contributed by atoms with Crippen LogP contribution < -0.4 is 10.6 Å². The zero-order valence-electron chi connectivity index (χ0n) is 19.3. The lowest BCUT2D eigenvalue weighted by atomic mass is 9.81. The average Bonchev–Trinajstić information content (AvgIpc) is 2.79. The molecule has 0 aliphatic carbocycles. The summed E-state index contributed by atoms with van der Waals surface area (Å²) in [6, 6.07) is 2.69. The highest BCUT2D eigenvalue weighted by Crippen LogP contribution is 2.31. The second-order valence-electron chi connectivity index (χ2n) is 9.48. The largest absolute Gasteiger partial charge is 0.480 e. The molecular weight excluding hydrogens is 432 g/mol. The zero-order chi connectivity index (χ0) is 23.9. The molecule has 9 heteroatoms. The molecule has 3 N–H and O–H groups in total. The standard InChI is InChI=1S/C24H35F2N3O4/c1-23(12-15-33-16-13-23)22(32)29-19(21(30)31)9-11-24(25,26)10-3-2-6-18-8-7-17-5-4-14-27-20(17)28-18/h7-8,19H,2-6,9-16H2,1H3,(H,27,28)(H,29,32)(H,30,31)/t19-/m1/s1. The molecule has 2 aliphatic rings. The number of unbranched alkanes of at least 4 members (excludes halogenated alkanes) is 1. The second kappa shape index (κ2) is 11.2. The Hall–Kier alpha value is -2.29. The molecule has 0 aromatic carbocycles. The number of nitrogens with zero attached hydrogens (tertiary/aromatic N) is 1. The molecule has 33 heavy (non-hydrogen) atoms. The van der Waals surface area contributed by atoms with Crippen molar-refractivity contribution in [1.82, 2.24) is 10.3 Å². The van der Waals surface area contributed by atoms with E-state index in [0.717, 1.165) is 30.9 Å². The minimum Gasteiger partial charge on any atom is -0.480 e. The molecule has 0 unspecified atom stereocenters. The lowest BCUT2D eigenvalue weighted by Gasteiger charge is -2.33. The number of fused-ring (bicyclic) bond motifs is 1. The Kier molecular flexibility index (Phi) is 8.62. The van der Waals surface area contributed by atoms with Crippen molar-refractivity contribution in [2.75, 3.05) is 25.1 Å². The predicted octanol–water partition coefficient (Wildman–Crippen LogP) is 3.95. The van der Waals surface area contributed by atoms with E-state index in [1.165, 1.54) is 5.56 Å². The molecule has 3 rings (SSSR count). The van der Waals surface area contributed by atoms with Crippen molar-refractivity contribution in [2.45, 2.75) is 83.1 Å². The van der Waals surface area contributed by atoms with Gasteiger partial charge in [0.05, 0.1) is 5.41 Å². The van der Waals surface area contributed by atoms with Crippen LogP contribution in [0.1, 0.15) is 69.5 Å². The molecule has 0 bridgehead atoms. The minimum atomic E-state index is -2.98. The molecule has 1 saturated heterocycles. The fourth-order valence-corrected chi connectivity index (χ4v) is 4.32. The number of amides is 1. The van der Waals surface area contributed by atoms with Gasteiger partial charge >= 0.3 is 5.97 Å². The van der Waals surface area contributed by atoms with Gasteiger partial charge in [-0.25, -0.2) is 18.6 Å². The smallest absolute Gasteiger partial charge is 0.326 e. The van der Waals surface area contributed by atoms with E-state index in [9.17, 15) is 23.5 Å². The van der Waals surface area contributed by atoms with Crippen LogP contribution >= 0.6 is 0 Å². The summed E-state index contributed by atoms with van der Waals surface area (Å²) in [6.45, 7) is 3.52. The Bertz CT molecular complexity index is 828. The van der Waals surface area contributed by atoms with Gasteiger partial charge in [-0.05, 0) is 63.0 Å². The van der Waals surface area contributed by atoms with E-state index in [1.807, 2.05) is 6.07 Å². The highest BCUT2D eigenvalue weighted by molar-refractivity contribution is 5.87. The van der Waals surface area contributed by atoms with Crippen LogP contribution in [0.4, 0.5) is 14.6 Å². The number of halogens is 2. The Morgan fingerprint density at radius 1 is 1.27 bits per heavy atom. The molecule has 1 aromatic heterocycles. The number of rotatable bonds is 11. The zero-order valence-corrected chi connectivity index (χ0v) is 19.3. The van der Waals surface area contributed by atoms with Crippen molar-refractivity contribution in [3.63, 3.8) is 0 Å². The number of alkyl halides is 2. The lowest BCUT2D eigenvalue weighted by Crippen LogP contribution is -2.49. The summed E-state index contributed by atoms with van der Waals surface area (Å²) in [7, 11) is 0. The maximum atomic E-state index is 14.4. The minimum absolute atomic E-state index is 0.307. The van der Waals surface area contributed by atoms with E-state index in [0.29, 0.717) is 45.3 Å². The molecule has 1 aromatic rings. The maximum absolute atomic E-state index is 14.4. The normalized spacial score (nSPS) is 18.6. The molecule has 1 atom stereocenters. The first kappa shape index (κ1) is 25.3. The summed E-state index contributed by atoms with van der Waals surface area (Å²) in [5, 5.41) is 15.2. The third-order valence-corrected chi connectivity index (χ3v) is 6.72. The van der Waals surface area contributed by atoms with Gasteiger partial charge in [0.25, 0.3) is 0 Å². The molecule has 184 valence electrons. The van der Waals surface area contributed by atoms with Crippen molar-refractivity contribution in [2.24, 2.45) is 5.41 Å². The van der Waals surface area contributed by atoms with Crippen LogP contribution in [-0.4, -0.2) is 53.7 Å². The van der Waals surface area contributed by atoms with Gasteiger partial charge < -0.3 is 20.5 Å². The fourth-order valence-electron chi connectivity index (χ4n) is 4.32. The summed E-state index contributed by atoms with van der Waals surface area (Å²) < 4.78 is 34.1. The fraction of sp³-hybridized carbons (Fsp3) is 0.708. The summed E-state index contributed by atoms with van der Waals surface area (Å²) in [5.74, 6) is -3.78. The summed E-state index contributed by atoms with van der Waals surface area (Å²) in [5.41, 5.74) is 1.36. The van der Waals surface area contributed by atoms with Crippen LogP contribution in [0.2, 0.25) is 0 Å². The number of anilines is 1. The van der Waals surface area contributed by atoms with Gasteiger partial charge in [0.2, 0.25) is 11.8 Å². The average molecular weight is 468 g/mol. The van der Waals surface area contributed by atoms with E-state index in [-0.39, 0.29) is 12.8 Å². The van der Waals surface area contributed by atoms with E-state index in [4.69, 9.17) is 4.74 Å². The van der Waals surface area contributed by atoms with E-state index < -0.39 is 35.7 Å². The number of carbonyl (C=O) groups is 2. The second-order valence-corrected chi connectivity index (χ2v) is 9.48. The van der Waals surface area contributed by atoms with Gasteiger partial charge in [-0.3, -0.25) is 4.79 Å². The van der Waals surface area contributed by atoms with Crippen molar-refractivity contribution < 1.29 is 28.2 Å². The third-order valence-electron chi connectivity index (χ3n) is 6.72. The lowest BCUT2D eigenvalue weighted by molar-refractivity contribution is -0.146. The van der Waals surface area contributed by atoms with Crippen LogP contribution in [-0.2, 0) is 27.2 Å². The highest BCUT2D eigenvalue weighted by atomic mass is 19.3. The SMILES string of the molecule is CC1(C(=O)N[C@H](CCC(F)(F)CCCCc2ccc3c(n2)NCCC3)C(=O)O)CCOCC1. The van der Waals surface area contributed by atoms with Crippen LogP contribution in [0.25, 0.3) is 0 Å². The molecule has 0 radical (unpaired) electrons. The number of carbonyl (C=O) groups excluding carboxylic acids is 1. The van der Waals surface area contributed by atoms with E-state index in [1.54, 1.807) is 6.92 Å². The monoisotopic (exact) mass is 467 g/mol. The van der Waals surface area contributed by atoms with Crippen molar-refractivity contribution in [3.8, 4) is 0 Å². The van der Waals surface area contributed by atoms with Crippen molar-refractivity contribution >= 4 is 17.7 Å². The van der Waals surface area contributed by atoms with Crippen LogP contribution in [0.3, 0.4) is 0 Å². The quantitative estimate of drug-likeness (QED) is 0.426. The maximum Gasteiger partial charge on any atom is 0.326 e. The van der Waals surface area contributed by atoms with Gasteiger partial charge in [0.15, 0.2) is 0 Å². The summed E-state index contributed by atoms with van der Waals surface area (Å²) in [6.07, 6.45) is 3.39. The number of aromatic nitrogens is 1. The van der Waals surface area contributed by atoms with Gasteiger partial charge in [0, 0.05) is 38.3 Å². The Morgan fingerprint density at radius 2 is 2.03 bits per heavy atom. The van der Waals surface area contributed by atoms with Gasteiger partial charge in [0.1, 0.15) is 11.9 Å². The van der Waals surface area contributed by atoms with Gasteiger partial charge in [-0.2, -0.15) is 0 Å². The summed E-state index contributed by atoms with van der Waals surface area (Å²) in [4.78, 5) is 28.7. The number of aryl methyl sites for hydroxylation is 2. The predicted molar refractivity (Wildman–Crippen MR) is 121 cm³/mol. The molecule has 0 spiro atoms. The van der Waals surface area contributed by atoms with Gasteiger partial charge in [-0.1, -0.05) is 13.0 Å². The van der Waals surface area contributed by atoms with Crippen molar-refractivity contribution in [1.29, 1.82) is 0 Å². The first-order chi connectivity index (χ1) is 15.7. The number of hydrogen-bond donors (Lipinski definition) is 3. The van der Waals surface area contributed by atoms with Crippen LogP contribution in [0.5, 0.6) is 0 Å². The Morgan fingerprint density at radius 3 is 2.76 bits per heavy atom.